The van der Waals surface area contributed by atoms with Crippen LogP contribution in [0.2, 0.25) is 0 Å². The molecular weight excluding hydrogens is 160 g/mol. The van der Waals surface area contributed by atoms with Gasteiger partial charge in [-0.15, -0.1) is 0 Å². The monoisotopic (exact) mass is 182 g/mol. The summed E-state index contributed by atoms with van der Waals surface area (Å²) in [5.74, 6) is 0. The van der Waals surface area contributed by atoms with E-state index in [4.69, 9.17) is 0 Å². The molecule has 1 saturated carbocycles. The molecule has 2 fully saturated rings. The van der Waals surface area contributed by atoms with Crippen LogP contribution in [0.1, 0.15) is 39.0 Å². The largest absolute Gasteiger partial charge is 0.313 e. The molecule has 1 aliphatic carbocycles. The molecule has 1 atom stereocenters. The van der Waals surface area contributed by atoms with Gasteiger partial charge in [-0.05, 0) is 52.6 Å². The van der Waals surface area contributed by atoms with Crippen molar-refractivity contribution in [1.29, 1.82) is 0 Å². The topological polar surface area (TPSA) is 15.3 Å². The summed E-state index contributed by atoms with van der Waals surface area (Å²) in [5, 5.41) is 3.52. The van der Waals surface area contributed by atoms with Gasteiger partial charge in [-0.25, -0.2) is 0 Å². The van der Waals surface area contributed by atoms with Crippen LogP contribution >= 0.6 is 0 Å². The van der Waals surface area contributed by atoms with Crippen molar-refractivity contribution >= 4 is 0 Å². The minimum atomic E-state index is 0.485. The first-order valence-electron chi connectivity index (χ1n) is 5.69. The van der Waals surface area contributed by atoms with E-state index in [-0.39, 0.29) is 0 Å². The molecule has 2 heteroatoms. The van der Waals surface area contributed by atoms with Crippen LogP contribution in [-0.2, 0) is 0 Å². The van der Waals surface area contributed by atoms with Crippen LogP contribution in [0.5, 0.6) is 0 Å². The molecule has 76 valence electrons. The second-order valence-corrected chi connectivity index (χ2v) is 4.85. The molecule has 1 saturated heterocycles. The summed E-state index contributed by atoms with van der Waals surface area (Å²) in [6, 6.07) is 0.825. The van der Waals surface area contributed by atoms with E-state index in [0.717, 1.165) is 6.04 Å². The Labute approximate surface area is 81.7 Å². The minimum absolute atomic E-state index is 0.485. The van der Waals surface area contributed by atoms with Crippen molar-refractivity contribution in [3.8, 4) is 0 Å². The normalized spacial score (nSPS) is 33.2. The summed E-state index contributed by atoms with van der Waals surface area (Å²) in [4.78, 5) is 2.66. The molecule has 2 aliphatic rings. The van der Waals surface area contributed by atoms with Crippen LogP contribution in [0.3, 0.4) is 0 Å². The summed E-state index contributed by atoms with van der Waals surface area (Å²) in [6.07, 6.45) is 6.99. The van der Waals surface area contributed by atoms with Gasteiger partial charge in [0, 0.05) is 18.1 Å². The van der Waals surface area contributed by atoms with Crippen molar-refractivity contribution in [2.24, 2.45) is 0 Å². The van der Waals surface area contributed by atoms with E-state index in [1.807, 2.05) is 0 Å². The van der Waals surface area contributed by atoms with Crippen LogP contribution in [0.4, 0.5) is 0 Å². The summed E-state index contributed by atoms with van der Waals surface area (Å²) in [7, 11) is 2.12. The number of likely N-dealkylation sites (N-methyl/N-ethyl adjacent to an activating group) is 1. The first-order valence-corrected chi connectivity index (χ1v) is 5.69. The van der Waals surface area contributed by atoms with Gasteiger partial charge in [0.2, 0.25) is 0 Å². The lowest BCUT2D eigenvalue weighted by molar-refractivity contribution is 0.113. The zero-order chi connectivity index (χ0) is 9.31. The van der Waals surface area contributed by atoms with Crippen LogP contribution < -0.4 is 5.32 Å². The van der Waals surface area contributed by atoms with E-state index in [9.17, 15) is 0 Å². The highest BCUT2D eigenvalue weighted by atomic mass is 15.2. The number of likely N-dealkylation sites (tertiary alicyclic amines) is 1. The molecule has 0 aromatic heterocycles. The Hall–Kier alpha value is -0.0800. The fourth-order valence-electron chi connectivity index (χ4n) is 2.71. The Morgan fingerprint density at radius 2 is 2.15 bits per heavy atom. The summed E-state index contributed by atoms with van der Waals surface area (Å²) < 4.78 is 0. The Bertz CT molecular complexity index is 169. The van der Waals surface area contributed by atoms with E-state index in [1.54, 1.807) is 0 Å². The lowest BCUT2D eigenvalue weighted by Gasteiger charge is -2.45. The molecule has 0 amide bonds. The van der Waals surface area contributed by atoms with Gasteiger partial charge < -0.3 is 5.32 Å². The number of nitrogens with zero attached hydrogens (tertiary/aromatic N) is 1. The molecule has 0 aromatic carbocycles. The fraction of sp³-hybridized carbons (Fsp3) is 1.00. The van der Waals surface area contributed by atoms with Crippen molar-refractivity contribution in [2.75, 3.05) is 20.1 Å². The number of rotatable bonds is 3. The lowest BCUT2D eigenvalue weighted by Crippen LogP contribution is -2.57. The van der Waals surface area contributed by atoms with Gasteiger partial charge in [-0.1, -0.05) is 0 Å². The third-order valence-electron chi connectivity index (χ3n) is 4.04. The van der Waals surface area contributed by atoms with Gasteiger partial charge in [0.15, 0.2) is 0 Å². The van der Waals surface area contributed by atoms with Gasteiger partial charge in [-0.3, -0.25) is 4.90 Å². The summed E-state index contributed by atoms with van der Waals surface area (Å²) in [5.41, 5.74) is 0.485. The summed E-state index contributed by atoms with van der Waals surface area (Å²) in [6.45, 7) is 4.98. The van der Waals surface area contributed by atoms with Gasteiger partial charge in [0.25, 0.3) is 0 Å². The van der Waals surface area contributed by atoms with Crippen LogP contribution in [0.15, 0.2) is 0 Å². The second kappa shape index (κ2) is 3.58. The molecule has 2 nitrogen and oxygen atoms in total. The Kier molecular flexibility index (Phi) is 2.61. The quantitative estimate of drug-likeness (QED) is 0.713. The highest BCUT2D eigenvalue weighted by Crippen LogP contribution is 2.33. The first kappa shape index (κ1) is 9.47. The zero-order valence-electron chi connectivity index (χ0n) is 8.97. The van der Waals surface area contributed by atoms with E-state index in [1.165, 1.54) is 45.2 Å². The van der Waals surface area contributed by atoms with Gasteiger partial charge >= 0.3 is 0 Å². The van der Waals surface area contributed by atoms with E-state index < -0.39 is 0 Å². The van der Waals surface area contributed by atoms with Crippen molar-refractivity contribution in [3.63, 3.8) is 0 Å². The SMILES string of the molecule is CNC1(CN2CCCC2C)CCC1. The maximum atomic E-state index is 3.52. The number of nitrogens with one attached hydrogen (secondary N) is 1. The van der Waals surface area contributed by atoms with Gasteiger partial charge in [0.05, 0.1) is 0 Å². The highest BCUT2D eigenvalue weighted by Gasteiger charge is 2.38. The van der Waals surface area contributed by atoms with Crippen molar-refractivity contribution in [3.05, 3.63) is 0 Å². The van der Waals surface area contributed by atoms with Crippen molar-refractivity contribution < 1.29 is 0 Å². The molecule has 1 unspecified atom stereocenters. The number of hydrogen-bond acceptors (Lipinski definition) is 2. The fourth-order valence-corrected chi connectivity index (χ4v) is 2.71. The minimum Gasteiger partial charge on any atom is -0.313 e. The molecule has 0 aromatic rings. The predicted octanol–water partition coefficient (Wildman–Crippen LogP) is 1.61. The summed E-state index contributed by atoms with van der Waals surface area (Å²) >= 11 is 0. The lowest BCUT2D eigenvalue weighted by atomic mass is 9.76. The Morgan fingerprint density at radius 3 is 2.54 bits per heavy atom. The molecule has 1 heterocycles. The molecule has 1 N–H and O–H groups in total. The molecule has 2 rings (SSSR count). The van der Waals surface area contributed by atoms with Gasteiger partial charge in [-0.2, -0.15) is 0 Å². The number of hydrogen-bond donors (Lipinski definition) is 1. The average Bonchev–Trinajstić information content (AvgIpc) is 2.44. The van der Waals surface area contributed by atoms with Crippen LogP contribution in [-0.4, -0.2) is 36.6 Å². The molecule has 0 bridgehead atoms. The zero-order valence-corrected chi connectivity index (χ0v) is 8.97. The van der Waals surface area contributed by atoms with Crippen LogP contribution in [0, 0.1) is 0 Å². The standard InChI is InChI=1S/C11H22N2/c1-10-5-3-8-13(10)9-11(12-2)6-4-7-11/h10,12H,3-9H2,1-2H3. The molecule has 0 radical (unpaired) electrons. The first-order chi connectivity index (χ1) is 6.26. The Balaban J connectivity index is 1.88. The smallest absolute Gasteiger partial charge is 0.0306 e. The van der Waals surface area contributed by atoms with Crippen molar-refractivity contribution in [1.82, 2.24) is 10.2 Å². The van der Waals surface area contributed by atoms with E-state index in [2.05, 4.69) is 24.2 Å². The third-order valence-corrected chi connectivity index (χ3v) is 4.04. The highest BCUT2D eigenvalue weighted by molar-refractivity contribution is 4.98. The molecule has 0 spiro atoms. The Morgan fingerprint density at radius 1 is 1.38 bits per heavy atom. The third kappa shape index (κ3) is 1.75. The maximum absolute atomic E-state index is 3.52. The average molecular weight is 182 g/mol. The predicted molar refractivity (Wildman–Crippen MR) is 55.9 cm³/mol. The van der Waals surface area contributed by atoms with Crippen LogP contribution in [0.25, 0.3) is 0 Å². The molecule has 13 heavy (non-hydrogen) atoms. The molecular formula is C11H22N2. The van der Waals surface area contributed by atoms with Crippen molar-refractivity contribution in [2.45, 2.75) is 50.6 Å². The van der Waals surface area contributed by atoms with E-state index in [0.29, 0.717) is 5.54 Å². The van der Waals surface area contributed by atoms with E-state index >= 15 is 0 Å². The van der Waals surface area contributed by atoms with Gasteiger partial charge in [0.1, 0.15) is 0 Å². The maximum Gasteiger partial charge on any atom is 0.0306 e. The molecule has 1 aliphatic heterocycles. The second-order valence-electron chi connectivity index (χ2n) is 4.85.